The van der Waals surface area contributed by atoms with E-state index in [9.17, 15) is 0 Å². The fourth-order valence-electron chi connectivity index (χ4n) is 2.33. The van der Waals surface area contributed by atoms with E-state index < -0.39 is 8.56 Å². The Bertz CT molecular complexity index is 556. The first kappa shape index (κ1) is 15.0. The van der Waals surface area contributed by atoms with Gasteiger partial charge in [-0.3, -0.25) is 0 Å². The Hall–Kier alpha value is -1.36. The van der Waals surface area contributed by atoms with Gasteiger partial charge in [-0.2, -0.15) is 0 Å². The molecule has 1 atom stereocenters. The first-order valence-electron chi connectivity index (χ1n) is 7.09. The molecule has 1 unspecified atom stereocenters. The summed E-state index contributed by atoms with van der Waals surface area (Å²) in [6, 6.07) is 15.6. The molecule has 2 aromatic rings. The second-order valence-electron chi connectivity index (χ2n) is 5.08. The average Bonchev–Trinajstić information content (AvgIpc) is 2.48. The summed E-state index contributed by atoms with van der Waals surface area (Å²) in [7, 11) is -0.257. The molecule has 0 radical (unpaired) electrons. The number of hydrogen-bond donors (Lipinski definition) is 1. The van der Waals surface area contributed by atoms with Crippen LogP contribution in [-0.4, -0.2) is 22.4 Å². The summed E-state index contributed by atoms with van der Waals surface area (Å²) in [5.74, 6) is 0. The van der Waals surface area contributed by atoms with Crippen LogP contribution in [-0.2, 0) is 8.85 Å². The molecular weight excluding hydrogens is 266 g/mol. The highest BCUT2D eigenvalue weighted by molar-refractivity contribution is 6.65. The molecule has 2 aromatic carbocycles. The molecule has 0 aliphatic heterocycles. The largest absolute Gasteiger partial charge is 0.398 e. The molecule has 0 aliphatic rings. The van der Waals surface area contributed by atoms with Crippen LogP contribution in [0.2, 0.25) is 12.6 Å². The van der Waals surface area contributed by atoms with Gasteiger partial charge < -0.3 is 14.2 Å². The van der Waals surface area contributed by atoms with E-state index in [1.807, 2.05) is 0 Å². The number of anilines is 1. The molecule has 0 spiro atoms. The molecule has 0 heterocycles. The Morgan fingerprint density at radius 1 is 1.10 bits per heavy atom. The summed E-state index contributed by atoms with van der Waals surface area (Å²) in [5, 5.41) is 5.82. The minimum atomic E-state index is -2.01. The first-order valence-corrected chi connectivity index (χ1v) is 9.61. The quantitative estimate of drug-likeness (QED) is 0.607. The van der Waals surface area contributed by atoms with Crippen molar-refractivity contribution in [3.8, 4) is 0 Å². The van der Waals surface area contributed by atoms with E-state index >= 15 is 0 Å². The zero-order chi connectivity index (χ0) is 14.4. The van der Waals surface area contributed by atoms with Gasteiger partial charge in [-0.15, -0.1) is 0 Å². The molecule has 0 saturated heterocycles. The molecule has 0 aromatic heterocycles. The summed E-state index contributed by atoms with van der Waals surface area (Å²) in [6.07, 6.45) is 1.09. The third kappa shape index (κ3) is 3.60. The van der Waals surface area contributed by atoms with Crippen molar-refractivity contribution in [2.24, 2.45) is 0 Å². The summed E-state index contributed by atoms with van der Waals surface area (Å²) < 4.78 is 11.6. The van der Waals surface area contributed by atoms with Crippen LogP contribution >= 0.6 is 0 Å². The lowest BCUT2D eigenvalue weighted by Crippen LogP contribution is -2.38. The second kappa shape index (κ2) is 6.88. The van der Waals surface area contributed by atoms with E-state index in [1.54, 1.807) is 7.11 Å². The fourth-order valence-corrected chi connectivity index (χ4v) is 4.09. The van der Waals surface area contributed by atoms with Crippen LogP contribution < -0.4 is 5.32 Å². The monoisotopic (exact) mass is 289 g/mol. The van der Waals surface area contributed by atoms with Gasteiger partial charge in [-0.25, -0.2) is 0 Å². The Morgan fingerprint density at radius 3 is 2.60 bits per heavy atom. The normalized spacial score (nSPS) is 14.2. The maximum absolute atomic E-state index is 5.98. The predicted octanol–water partition coefficient (Wildman–Crippen LogP) is 4.35. The van der Waals surface area contributed by atoms with Crippen molar-refractivity contribution < 1.29 is 8.85 Å². The third-order valence-corrected chi connectivity index (χ3v) is 6.59. The summed E-state index contributed by atoms with van der Waals surface area (Å²) >= 11 is 0. The Kier molecular flexibility index (Phi) is 5.17. The van der Waals surface area contributed by atoms with Gasteiger partial charge in [0.2, 0.25) is 0 Å². The van der Waals surface area contributed by atoms with Gasteiger partial charge in [0.15, 0.2) is 0 Å². The molecule has 108 valence electrons. The maximum Gasteiger partial charge on any atom is 0.335 e. The number of nitrogens with one attached hydrogen (secondary N) is 1. The minimum Gasteiger partial charge on any atom is -0.398 e. The maximum atomic E-state index is 5.98. The Balaban J connectivity index is 2.03. The number of fused-ring (bicyclic) bond motifs is 1. The molecular formula is C16H23NO2Si. The lowest BCUT2D eigenvalue weighted by atomic mass is 10.1. The van der Waals surface area contributed by atoms with Crippen LogP contribution in [0.4, 0.5) is 5.69 Å². The van der Waals surface area contributed by atoms with Crippen molar-refractivity contribution in [2.75, 3.05) is 19.2 Å². The molecule has 3 nitrogen and oxygen atoms in total. The van der Waals surface area contributed by atoms with Crippen LogP contribution in [0.1, 0.15) is 13.3 Å². The number of hydrogen-bond acceptors (Lipinski definition) is 3. The van der Waals surface area contributed by atoms with Gasteiger partial charge in [0.25, 0.3) is 0 Å². The molecule has 0 aliphatic carbocycles. The molecule has 0 saturated carbocycles. The topological polar surface area (TPSA) is 30.5 Å². The molecule has 4 heteroatoms. The van der Waals surface area contributed by atoms with Gasteiger partial charge in [0.1, 0.15) is 6.73 Å². The van der Waals surface area contributed by atoms with Crippen LogP contribution in [0.15, 0.2) is 42.5 Å². The standard InChI is InChI=1S/C16H23NO2Si/c1-4-12-20(3,18-2)19-13-17-16-11-7-9-14-8-5-6-10-15(14)16/h5-11,17H,4,12-13H2,1-3H3. The lowest BCUT2D eigenvalue weighted by molar-refractivity contribution is 0.218. The van der Waals surface area contributed by atoms with Gasteiger partial charge in [0, 0.05) is 18.2 Å². The summed E-state index contributed by atoms with van der Waals surface area (Å²) in [5.41, 5.74) is 1.10. The van der Waals surface area contributed by atoms with Crippen molar-refractivity contribution in [3.05, 3.63) is 42.5 Å². The fraction of sp³-hybridized carbons (Fsp3) is 0.375. The van der Waals surface area contributed by atoms with E-state index in [2.05, 4.69) is 61.3 Å². The summed E-state index contributed by atoms with van der Waals surface area (Å²) in [6.45, 7) is 4.76. The van der Waals surface area contributed by atoms with E-state index in [0.717, 1.165) is 18.2 Å². The highest BCUT2D eigenvalue weighted by atomic mass is 28.4. The van der Waals surface area contributed by atoms with Crippen molar-refractivity contribution in [2.45, 2.75) is 25.9 Å². The Labute approximate surface area is 122 Å². The van der Waals surface area contributed by atoms with Gasteiger partial charge in [0.05, 0.1) is 0 Å². The summed E-state index contributed by atoms with van der Waals surface area (Å²) in [4.78, 5) is 0. The van der Waals surface area contributed by atoms with Gasteiger partial charge in [-0.1, -0.05) is 49.7 Å². The van der Waals surface area contributed by atoms with Crippen LogP contribution in [0.5, 0.6) is 0 Å². The van der Waals surface area contributed by atoms with Gasteiger partial charge in [-0.05, 0) is 24.0 Å². The molecule has 0 amide bonds. The predicted molar refractivity (Wildman–Crippen MR) is 87.2 cm³/mol. The first-order chi connectivity index (χ1) is 9.68. The molecule has 20 heavy (non-hydrogen) atoms. The second-order valence-corrected chi connectivity index (χ2v) is 8.54. The van der Waals surface area contributed by atoms with Crippen molar-refractivity contribution in [3.63, 3.8) is 0 Å². The van der Waals surface area contributed by atoms with E-state index in [0.29, 0.717) is 6.73 Å². The zero-order valence-electron chi connectivity index (χ0n) is 12.5. The van der Waals surface area contributed by atoms with Crippen LogP contribution in [0.25, 0.3) is 10.8 Å². The highest BCUT2D eigenvalue weighted by Gasteiger charge is 2.28. The van der Waals surface area contributed by atoms with E-state index in [4.69, 9.17) is 8.85 Å². The van der Waals surface area contributed by atoms with E-state index in [-0.39, 0.29) is 0 Å². The molecule has 1 N–H and O–H groups in total. The smallest absolute Gasteiger partial charge is 0.335 e. The highest BCUT2D eigenvalue weighted by Crippen LogP contribution is 2.23. The van der Waals surface area contributed by atoms with Crippen LogP contribution in [0.3, 0.4) is 0 Å². The molecule has 2 rings (SSSR count). The third-order valence-electron chi connectivity index (χ3n) is 3.57. The minimum absolute atomic E-state index is 0.491. The molecule has 0 bridgehead atoms. The van der Waals surface area contributed by atoms with E-state index in [1.165, 1.54) is 10.8 Å². The molecule has 0 fully saturated rings. The number of benzene rings is 2. The van der Waals surface area contributed by atoms with Crippen LogP contribution in [0, 0.1) is 0 Å². The van der Waals surface area contributed by atoms with Gasteiger partial charge >= 0.3 is 8.56 Å². The van der Waals surface area contributed by atoms with Crippen molar-refractivity contribution in [1.29, 1.82) is 0 Å². The Morgan fingerprint density at radius 2 is 1.85 bits per heavy atom. The SMILES string of the molecule is CCC[Si](C)(OC)OCNc1cccc2ccccc12. The van der Waals surface area contributed by atoms with Crippen molar-refractivity contribution in [1.82, 2.24) is 0 Å². The average molecular weight is 289 g/mol. The zero-order valence-corrected chi connectivity index (χ0v) is 13.5. The lowest BCUT2D eigenvalue weighted by Gasteiger charge is -2.25. The number of rotatable bonds is 7. The van der Waals surface area contributed by atoms with Crippen molar-refractivity contribution >= 4 is 25.0 Å².